The van der Waals surface area contributed by atoms with E-state index >= 15 is 0 Å². The number of rotatable bonds is 5. The number of hydrogen-bond donors (Lipinski definition) is 0. The number of anilines is 1. The van der Waals surface area contributed by atoms with Gasteiger partial charge in [0.2, 0.25) is 5.91 Å². The van der Waals surface area contributed by atoms with Gasteiger partial charge in [-0.1, -0.05) is 24.3 Å². The third-order valence-electron chi connectivity index (χ3n) is 7.32. The van der Waals surface area contributed by atoms with Crippen molar-refractivity contribution in [1.29, 1.82) is 0 Å². The molecule has 3 aliphatic heterocycles. The molecule has 1 amide bonds. The highest BCUT2D eigenvalue weighted by molar-refractivity contribution is 5.87. The Bertz CT molecular complexity index is 1210. The molecule has 188 valence electrons. The normalized spacial score (nSPS) is 22.7. The van der Waals surface area contributed by atoms with Gasteiger partial charge in [0.1, 0.15) is 11.5 Å². The van der Waals surface area contributed by atoms with Crippen LogP contribution in [0.25, 0.3) is 11.3 Å². The molecule has 1 fully saturated rings. The molecule has 0 spiro atoms. The van der Waals surface area contributed by atoms with Crippen LogP contribution in [0.15, 0.2) is 65.4 Å². The zero-order valence-electron chi connectivity index (χ0n) is 21.0. The Morgan fingerprint density at radius 3 is 2.61 bits per heavy atom. The van der Waals surface area contributed by atoms with Crippen molar-refractivity contribution in [3.63, 3.8) is 0 Å². The van der Waals surface area contributed by atoms with E-state index in [4.69, 9.17) is 9.15 Å². The van der Waals surface area contributed by atoms with Crippen molar-refractivity contribution in [2.24, 2.45) is 0 Å². The lowest BCUT2D eigenvalue weighted by Crippen LogP contribution is -2.59. The number of nitrogens with zero attached hydrogens (tertiary/aromatic N) is 4. The van der Waals surface area contributed by atoms with Gasteiger partial charge in [0.15, 0.2) is 0 Å². The Morgan fingerprint density at radius 1 is 1.08 bits per heavy atom. The van der Waals surface area contributed by atoms with Crippen molar-refractivity contribution >= 4 is 17.6 Å². The number of esters is 1. The summed E-state index contributed by atoms with van der Waals surface area (Å²) in [5, 5.41) is 0. The van der Waals surface area contributed by atoms with Crippen LogP contribution in [0, 0.1) is 0 Å². The highest BCUT2D eigenvalue weighted by atomic mass is 16.5. The van der Waals surface area contributed by atoms with Gasteiger partial charge in [-0.05, 0) is 44.5 Å². The molecule has 3 atom stereocenters. The molecule has 1 unspecified atom stereocenters. The lowest BCUT2D eigenvalue weighted by molar-refractivity contribution is -0.136. The summed E-state index contributed by atoms with van der Waals surface area (Å²) in [6.45, 7) is 6.83. The van der Waals surface area contributed by atoms with Gasteiger partial charge in [-0.25, -0.2) is 9.78 Å². The van der Waals surface area contributed by atoms with Gasteiger partial charge >= 0.3 is 5.97 Å². The Kier molecular flexibility index (Phi) is 6.78. The largest absolute Gasteiger partial charge is 0.464 e. The van der Waals surface area contributed by atoms with Crippen LogP contribution >= 0.6 is 0 Å². The molecule has 1 saturated heterocycles. The second kappa shape index (κ2) is 10.1. The highest BCUT2D eigenvalue weighted by Crippen LogP contribution is 2.38. The summed E-state index contributed by atoms with van der Waals surface area (Å²) < 4.78 is 10.6. The Hall–Kier alpha value is -3.65. The van der Waals surface area contributed by atoms with Gasteiger partial charge in [-0.15, -0.1) is 0 Å². The summed E-state index contributed by atoms with van der Waals surface area (Å²) in [6, 6.07) is 12.0. The highest BCUT2D eigenvalue weighted by Gasteiger charge is 2.35. The van der Waals surface area contributed by atoms with Gasteiger partial charge in [0.25, 0.3) is 0 Å². The number of pyridine rings is 1. The van der Waals surface area contributed by atoms with Crippen LogP contribution in [0.2, 0.25) is 0 Å². The quantitative estimate of drug-likeness (QED) is 0.397. The average molecular weight is 489 g/mol. The van der Waals surface area contributed by atoms with E-state index in [9.17, 15) is 9.59 Å². The Balaban J connectivity index is 1.27. The van der Waals surface area contributed by atoms with Crippen molar-refractivity contribution in [3.8, 4) is 11.3 Å². The first-order valence-corrected chi connectivity index (χ1v) is 12.4. The summed E-state index contributed by atoms with van der Waals surface area (Å²) in [6.07, 6.45) is 8.42. The first-order valence-electron chi connectivity index (χ1n) is 12.4. The first kappa shape index (κ1) is 24.1. The minimum Gasteiger partial charge on any atom is -0.464 e. The molecule has 36 heavy (non-hydrogen) atoms. The Labute approximate surface area is 211 Å². The predicted octanol–water partition coefficient (Wildman–Crippen LogP) is 3.99. The van der Waals surface area contributed by atoms with E-state index in [0.717, 1.165) is 42.1 Å². The number of carbonyl (C=O) groups is 2. The van der Waals surface area contributed by atoms with E-state index in [1.807, 2.05) is 23.1 Å². The zero-order valence-corrected chi connectivity index (χ0v) is 21.0. The summed E-state index contributed by atoms with van der Waals surface area (Å²) in [5.74, 6) is 0.546. The van der Waals surface area contributed by atoms with E-state index < -0.39 is 5.97 Å². The average Bonchev–Trinajstić information content (AvgIpc) is 3.34. The maximum atomic E-state index is 13.6. The molecule has 0 aromatic carbocycles. The number of amides is 1. The minimum absolute atomic E-state index is 0.0301. The second-order valence-electron chi connectivity index (χ2n) is 9.62. The van der Waals surface area contributed by atoms with Crippen LogP contribution < -0.4 is 4.90 Å². The molecular weight excluding hydrogens is 456 g/mol. The molecule has 0 saturated carbocycles. The molecular formula is C28H32N4O4. The molecule has 4 heterocycles. The van der Waals surface area contributed by atoms with E-state index in [0.29, 0.717) is 18.8 Å². The minimum atomic E-state index is -0.444. The maximum Gasteiger partial charge on any atom is 0.356 e. The van der Waals surface area contributed by atoms with Crippen LogP contribution in [0.3, 0.4) is 0 Å². The molecule has 8 nitrogen and oxygen atoms in total. The SMILES string of the molecule is COC(=O)c1ccc(N2C[C@@H](C)N(CC(=O)N3CC=CCC3c3ccc4cccoc3-4)[C@@H](C)C2)cn1. The molecule has 0 bridgehead atoms. The number of hydrogen-bond acceptors (Lipinski definition) is 7. The first-order chi connectivity index (χ1) is 17.5. The second-order valence-corrected chi connectivity index (χ2v) is 9.62. The number of carbonyl (C=O) groups excluding carboxylic acids is 2. The number of piperazine rings is 1. The number of methoxy groups -OCH3 is 1. The lowest BCUT2D eigenvalue weighted by atomic mass is 9.99. The maximum absolute atomic E-state index is 13.6. The zero-order chi connectivity index (χ0) is 25.2. The third kappa shape index (κ3) is 4.60. The molecule has 5 rings (SSSR count). The topological polar surface area (TPSA) is 79.1 Å². The molecule has 4 aliphatic rings. The molecule has 0 radical (unpaired) electrons. The fourth-order valence-corrected chi connectivity index (χ4v) is 5.44. The number of ether oxygens (including phenoxy) is 1. The standard InChI is InChI=1S/C28H32N4O4/c1-19-16-30(22-10-12-24(29-15-22)28(34)35-3)17-20(2)32(19)18-26(33)31-13-5-4-8-25(31)23-11-9-21-7-6-14-36-27(21)23/h4-7,9-12,14-15,19-20,25H,8,13,16-18H2,1-3H3/t19-,20+,25?. The van der Waals surface area contributed by atoms with Crippen LogP contribution in [0.5, 0.6) is 0 Å². The lowest BCUT2D eigenvalue weighted by Gasteiger charge is -2.46. The monoisotopic (exact) mass is 488 g/mol. The van der Waals surface area contributed by atoms with E-state index in [1.165, 1.54) is 7.11 Å². The van der Waals surface area contributed by atoms with Crippen LogP contribution in [-0.4, -0.2) is 72.0 Å². The summed E-state index contributed by atoms with van der Waals surface area (Å²) >= 11 is 0. The van der Waals surface area contributed by atoms with Gasteiger partial charge in [-0.3, -0.25) is 9.69 Å². The molecule has 0 N–H and O–H groups in total. The number of fused-ring (bicyclic) bond motifs is 1. The molecule has 8 heteroatoms. The van der Waals surface area contributed by atoms with Crippen LogP contribution in [0.4, 0.5) is 5.69 Å². The summed E-state index contributed by atoms with van der Waals surface area (Å²) in [7, 11) is 1.35. The van der Waals surface area contributed by atoms with E-state index in [1.54, 1.807) is 18.5 Å². The van der Waals surface area contributed by atoms with Gasteiger partial charge in [-0.2, -0.15) is 0 Å². The van der Waals surface area contributed by atoms with E-state index in [-0.39, 0.29) is 24.0 Å². The molecule has 1 aromatic rings. The fraction of sp³-hybridized carbons (Fsp3) is 0.393. The van der Waals surface area contributed by atoms with Gasteiger partial charge < -0.3 is 19.0 Å². The van der Waals surface area contributed by atoms with Crippen molar-refractivity contribution in [1.82, 2.24) is 14.8 Å². The van der Waals surface area contributed by atoms with Gasteiger partial charge in [0.05, 0.1) is 37.8 Å². The van der Waals surface area contributed by atoms with Crippen molar-refractivity contribution in [2.75, 3.05) is 38.2 Å². The smallest absolute Gasteiger partial charge is 0.356 e. The van der Waals surface area contributed by atoms with Crippen molar-refractivity contribution in [2.45, 2.75) is 38.4 Å². The summed E-state index contributed by atoms with van der Waals surface area (Å²) in [4.78, 5) is 36.1. The number of aromatic nitrogens is 1. The van der Waals surface area contributed by atoms with Crippen molar-refractivity contribution in [3.05, 3.63) is 72.3 Å². The molecule has 1 aliphatic carbocycles. The Morgan fingerprint density at radius 2 is 1.89 bits per heavy atom. The summed E-state index contributed by atoms with van der Waals surface area (Å²) in [5.41, 5.74) is 3.38. The van der Waals surface area contributed by atoms with E-state index in [2.05, 4.69) is 52.9 Å². The predicted molar refractivity (Wildman–Crippen MR) is 137 cm³/mol. The van der Waals surface area contributed by atoms with Gasteiger partial charge in [0, 0.05) is 42.8 Å². The van der Waals surface area contributed by atoms with Crippen LogP contribution in [0.1, 0.15) is 42.4 Å². The third-order valence-corrected chi connectivity index (χ3v) is 7.32. The van der Waals surface area contributed by atoms with Crippen LogP contribution in [-0.2, 0) is 9.53 Å². The molecule has 1 aromatic heterocycles. The fourth-order valence-electron chi connectivity index (χ4n) is 5.44. The van der Waals surface area contributed by atoms with Crippen molar-refractivity contribution < 1.29 is 18.7 Å².